The van der Waals surface area contributed by atoms with E-state index < -0.39 is 0 Å². The van der Waals surface area contributed by atoms with E-state index in [1.807, 2.05) is 31.2 Å². The van der Waals surface area contributed by atoms with Crippen LogP contribution in [0.2, 0.25) is 0 Å². The fraction of sp³-hybridized carbons (Fsp3) is 0.471. The highest BCUT2D eigenvalue weighted by atomic mass is 16.5. The van der Waals surface area contributed by atoms with Gasteiger partial charge >= 0.3 is 0 Å². The first-order valence-corrected chi connectivity index (χ1v) is 7.14. The standard InChI is InChI=1S/C17H23NO3/c1-14(21-2)6-11-17(20)18-13-16-9-7-15(8-10-16)5-3-4-12-19/h7-10,14,19H,4,6,11-13H2,1-2H3,(H,18,20). The Morgan fingerprint density at radius 1 is 1.38 bits per heavy atom. The first kappa shape index (κ1) is 17.2. The average molecular weight is 289 g/mol. The van der Waals surface area contributed by atoms with E-state index in [0.717, 1.165) is 17.5 Å². The van der Waals surface area contributed by atoms with Crippen LogP contribution in [0.25, 0.3) is 0 Å². The molecule has 0 heterocycles. The number of methoxy groups -OCH3 is 1. The van der Waals surface area contributed by atoms with Crippen molar-refractivity contribution >= 4 is 5.91 Å². The van der Waals surface area contributed by atoms with Gasteiger partial charge in [-0.2, -0.15) is 0 Å². The predicted octanol–water partition coefficient (Wildman–Crippen LogP) is 1.85. The lowest BCUT2D eigenvalue weighted by molar-refractivity contribution is -0.121. The Hall–Kier alpha value is -1.83. The maximum atomic E-state index is 11.7. The Morgan fingerprint density at radius 2 is 2.10 bits per heavy atom. The van der Waals surface area contributed by atoms with Crippen LogP contribution < -0.4 is 5.32 Å². The molecule has 0 aliphatic rings. The van der Waals surface area contributed by atoms with E-state index in [4.69, 9.17) is 9.84 Å². The molecule has 0 aliphatic carbocycles. The van der Waals surface area contributed by atoms with Crippen LogP contribution in [0.15, 0.2) is 24.3 Å². The fourth-order valence-corrected chi connectivity index (χ4v) is 1.67. The SMILES string of the molecule is COC(C)CCC(=O)NCc1ccc(C#CCCO)cc1. The largest absolute Gasteiger partial charge is 0.395 e. The summed E-state index contributed by atoms with van der Waals surface area (Å²) in [6.07, 6.45) is 1.78. The maximum absolute atomic E-state index is 11.7. The quantitative estimate of drug-likeness (QED) is 0.753. The lowest BCUT2D eigenvalue weighted by Crippen LogP contribution is -2.23. The number of hydrogen-bond donors (Lipinski definition) is 2. The van der Waals surface area contributed by atoms with Crippen LogP contribution in [0.4, 0.5) is 0 Å². The van der Waals surface area contributed by atoms with Gasteiger partial charge in [0.1, 0.15) is 0 Å². The lowest BCUT2D eigenvalue weighted by atomic mass is 10.1. The highest BCUT2D eigenvalue weighted by Crippen LogP contribution is 2.04. The molecule has 0 saturated heterocycles. The maximum Gasteiger partial charge on any atom is 0.220 e. The van der Waals surface area contributed by atoms with Gasteiger partial charge < -0.3 is 15.2 Å². The predicted molar refractivity (Wildman–Crippen MR) is 82.6 cm³/mol. The molecule has 2 N–H and O–H groups in total. The van der Waals surface area contributed by atoms with Crippen LogP contribution in [0.5, 0.6) is 0 Å². The highest BCUT2D eigenvalue weighted by Gasteiger charge is 2.05. The van der Waals surface area contributed by atoms with Gasteiger partial charge in [0.2, 0.25) is 5.91 Å². The molecule has 0 spiro atoms. The van der Waals surface area contributed by atoms with E-state index in [0.29, 0.717) is 19.4 Å². The molecule has 114 valence electrons. The molecule has 0 radical (unpaired) electrons. The minimum absolute atomic E-state index is 0.0331. The summed E-state index contributed by atoms with van der Waals surface area (Å²) in [4.78, 5) is 11.7. The molecule has 1 atom stereocenters. The second kappa shape index (κ2) is 9.98. The summed E-state index contributed by atoms with van der Waals surface area (Å²) >= 11 is 0. The summed E-state index contributed by atoms with van der Waals surface area (Å²) in [5, 5.41) is 11.5. The van der Waals surface area contributed by atoms with E-state index in [1.54, 1.807) is 7.11 Å². The van der Waals surface area contributed by atoms with Crippen LogP contribution in [0, 0.1) is 11.8 Å². The Labute approximate surface area is 126 Å². The molecule has 0 bridgehead atoms. The zero-order valence-electron chi connectivity index (χ0n) is 12.7. The minimum atomic E-state index is 0.0331. The van der Waals surface area contributed by atoms with E-state index in [-0.39, 0.29) is 18.6 Å². The lowest BCUT2D eigenvalue weighted by Gasteiger charge is -2.09. The molecule has 0 aliphatic heterocycles. The summed E-state index contributed by atoms with van der Waals surface area (Å²) in [6, 6.07) is 7.72. The minimum Gasteiger partial charge on any atom is -0.395 e. The van der Waals surface area contributed by atoms with E-state index >= 15 is 0 Å². The molecule has 1 rings (SSSR count). The first-order valence-electron chi connectivity index (χ1n) is 7.14. The summed E-state index contributed by atoms with van der Waals surface area (Å²) in [5.41, 5.74) is 1.95. The zero-order chi connectivity index (χ0) is 15.5. The van der Waals surface area contributed by atoms with Crippen LogP contribution in [0.1, 0.15) is 37.3 Å². The molecular weight excluding hydrogens is 266 g/mol. The molecule has 1 amide bonds. The second-order valence-corrected chi connectivity index (χ2v) is 4.83. The molecule has 1 aromatic carbocycles. The van der Waals surface area contributed by atoms with Crippen molar-refractivity contribution in [1.29, 1.82) is 0 Å². The van der Waals surface area contributed by atoms with Crippen LogP contribution in [-0.4, -0.2) is 30.8 Å². The van der Waals surface area contributed by atoms with Gasteiger partial charge in [-0.1, -0.05) is 24.0 Å². The van der Waals surface area contributed by atoms with Crippen molar-refractivity contribution < 1.29 is 14.6 Å². The van der Waals surface area contributed by atoms with E-state index in [2.05, 4.69) is 17.2 Å². The zero-order valence-corrected chi connectivity index (χ0v) is 12.7. The second-order valence-electron chi connectivity index (χ2n) is 4.83. The molecule has 4 heteroatoms. The molecule has 0 aromatic heterocycles. The molecule has 1 unspecified atom stereocenters. The van der Waals surface area contributed by atoms with Gasteiger partial charge in [-0.25, -0.2) is 0 Å². The number of amides is 1. The van der Waals surface area contributed by atoms with Gasteiger partial charge in [-0.3, -0.25) is 4.79 Å². The third kappa shape index (κ3) is 7.50. The number of aliphatic hydroxyl groups excluding tert-OH is 1. The number of benzene rings is 1. The molecule has 4 nitrogen and oxygen atoms in total. The van der Waals surface area contributed by atoms with Gasteiger partial charge in [0.15, 0.2) is 0 Å². The molecule has 21 heavy (non-hydrogen) atoms. The summed E-state index contributed by atoms with van der Waals surface area (Å²) in [6.45, 7) is 2.55. The van der Waals surface area contributed by atoms with Gasteiger partial charge in [0, 0.05) is 32.1 Å². The number of carbonyl (C=O) groups excluding carboxylic acids is 1. The number of hydrogen-bond acceptors (Lipinski definition) is 3. The van der Waals surface area contributed by atoms with Gasteiger partial charge in [0.05, 0.1) is 12.7 Å². The number of aliphatic hydroxyl groups is 1. The van der Waals surface area contributed by atoms with Crippen LogP contribution in [0.3, 0.4) is 0 Å². The Bertz CT molecular complexity index is 485. The van der Waals surface area contributed by atoms with Crippen molar-refractivity contribution in [2.75, 3.05) is 13.7 Å². The van der Waals surface area contributed by atoms with Gasteiger partial charge in [-0.15, -0.1) is 0 Å². The Morgan fingerprint density at radius 3 is 2.71 bits per heavy atom. The first-order chi connectivity index (χ1) is 10.2. The summed E-state index contributed by atoms with van der Waals surface area (Å²) < 4.78 is 5.11. The number of nitrogens with one attached hydrogen (secondary N) is 1. The van der Waals surface area contributed by atoms with Crippen LogP contribution in [-0.2, 0) is 16.1 Å². The molecule has 0 fully saturated rings. The average Bonchev–Trinajstić information content (AvgIpc) is 2.52. The number of rotatable bonds is 7. The third-order valence-electron chi connectivity index (χ3n) is 3.09. The third-order valence-corrected chi connectivity index (χ3v) is 3.09. The van der Waals surface area contributed by atoms with Crippen LogP contribution >= 0.6 is 0 Å². The molecule has 1 aromatic rings. The highest BCUT2D eigenvalue weighted by molar-refractivity contribution is 5.75. The monoisotopic (exact) mass is 289 g/mol. The number of ether oxygens (including phenoxy) is 1. The molecular formula is C17H23NO3. The fourth-order valence-electron chi connectivity index (χ4n) is 1.67. The summed E-state index contributed by atoms with van der Waals surface area (Å²) in [7, 11) is 1.65. The van der Waals surface area contributed by atoms with Gasteiger partial charge in [-0.05, 0) is 31.0 Å². The normalized spacial score (nSPS) is 11.4. The van der Waals surface area contributed by atoms with Gasteiger partial charge in [0.25, 0.3) is 0 Å². The summed E-state index contributed by atoms with van der Waals surface area (Å²) in [5.74, 6) is 5.87. The Balaban J connectivity index is 2.36. The van der Waals surface area contributed by atoms with Crippen molar-refractivity contribution in [1.82, 2.24) is 5.32 Å². The molecule has 0 saturated carbocycles. The van der Waals surface area contributed by atoms with Crippen molar-refractivity contribution in [3.8, 4) is 11.8 Å². The van der Waals surface area contributed by atoms with E-state index in [9.17, 15) is 4.79 Å². The Kier molecular flexibility index (Phi) is 8.18. The van der Waals surface area contributed by atoms with E-state index in [1.165, 1.54) is 0 Å². The smallest absolute Gasteiger partial charge is 0.220 e. The topological polar surface area (TPSA) is 58.6 Å². The number of carbonyl (C=O) groups is 1. The van der Waals surface area contributed by atoms with Crippen molar-refractivity contribution in [3.63, 3.8) is 0 Å². The van der Waals surface area contributed by atoms with Crippen molar-refractivity contribution in [2.45, 2.75) is 38.8 Å². The van der Waals surface area contributed by atoms with Crippen molar-refractivity contribution in [2.24, 2.45) is 0 Å². The van der Waals surface area contributed by atoms with Crippen molar-refractivity contribution in [3.05, 3.63) is 35.4 Å².